The average Bonchev–Trinajstić information content (AvgIpc) is 3.42. The van der Waals surface area contributed by atoms with Gasteiger partial charge in [0.25, 0.3) is 0 Å². The van der Waals surface area contributed by atoms with Crippen molar-refractivity contribution in [3.05, 3.63) is 58.9 Å². The molecule has 7 rings (SSSR count). The Kier molecular flexibility index (Phi) is 11.5. The summed E-state index contributed by atoms with van der Waals surface area (Å²) in [4.78, 5) is 27.1. The summed E-state index contributed by atoms with van der Waals surface area (Å²) in [6.45, 7) is 21.4. The number of piperazine rings is 1. The van der Waals surface area contributed by atoms with Crippen molar-refractivity contribution in [2.75, 3.05) is 45.1 Å². The Hall–Kier alpha value is -4.35. The van der Waals surface area contributed by atoms with E-state index in [-0.39, 0.29) is 54.8 Å². The number of aromatic nitrogens is 2. The van der Waals surface area contributed by atoms with Crippen molar-refractivity contribution in [2.45, 2.75) is 122 Å². The molecule has 2 aromatic heterocycles. The quantitative estimate of drug-likeness (QED) is 0.100. The van der Waals surface area contributed by atoms with E-state index in [4.69, 9.17) is 28.9 Å². The second-order valence-corrected chi connectivity index (χ2v) is 24.1. The molecule has 0 radical (unpaired) electrons. The van der Waals surface area contributed by atoms with Crippen molar-refractivity contribution in [1.29, 1.82) is 0 Å². The normalized spacial score (nSPS) is 19.1. The minimum atomic E-state index is -2.31. The number of hydrogen-bond donors (Lipinski definition) is 1. The number of rotatable bonds is 9. The number of aryl methyl sites for hydroxylation is 1. The van der Waals surface area contributed by atoms with Crippen molar-refractivity contribution in [3.8, 4) is 28.5 Å². The maximum absolute atomic E-state index is 17.9. The van der Waals surface area contributed by atoms with Gasteiger partial charge in [-0.05, 0) is 86.3 Å². The zero-order valence-electron chi connectivity index (χ0n) is 36.3. The van der Waals surface area contributed by atoms with Gasteiger partial charge in [0, 0.05) is 48.1 Å². The molecule has 3 saturated heterocycles. The lowest BCUT2D eigenvalue weighted by Gasteiger charge is -2.43. The molecule has 0 saturated carbocycles. The Bertz CT molecular complexity index is 2310. The molecule has 2 bridgehead atoms. The highest BCUT2D eigenvalue weighted by Crippen LogP contribution is 2.45. The van der Waals surface area contributed by atoms with Gasteiger partial charge in [-0.15, -0.1) is 5.54 Å². The number of nitrogens with zero attached hydrogens (tertiary/aromatic N) is 4. The van der Waals surface area contributed by atoms with Crippen LogP contribution >= 0.6 is 0 Å². The highest BCUT2D eigenvalue weighted by molar-refractivity contribution is 6.90. The maximum atomic E-state index is 17.9. The Morgan fingerprint density at radius 3 is 2.24 bits per heavy atom. The summed E-state index contributed by atoms with van der Waals surface area (Å²) in [5.74, 6) is 3.05. The molecule has 2 unspecified atom stereocenters. The average molecular weight is 829 g/mol. The zero-order valence-corrected chi connectivity index (χ0v) is 37.3. The molecule has 1 N–H and O–H groups in total. The fourth-order valence-electron chi connectivity index (χ4n) is 9.93. The van der Waals surface area contributed by atoms with Gasteiger partial charge in [-0.25, -0.2) is 18.6 Å². The van der Waals surface area contributed by atoms with Gasteiger partial charge in [0.15, 0.2) is 18.2 Å². The molecule has 5 heterocycles. The molecule has 3 fully saturated rings. The first-order valence-corrected chi connectivity index (χ1v) is 23.0. The van der Waals surface area contributed by atoms with Crippen LogP contribution in [0.15, 0.2) is 30.5 Å². The van der Waals surface area contributed by atoms with Crippen LogP contribution in [0.1, 0.15) is 92.0 Å². The van der Waals surface area contributed by atoms with Crippen molar-refractivity contribution < 1.29 is 37.6 Å². The first kappa shape index (κ1) is 42.8. The van der Waals surface area contributed by atoms with Crippen LogP contribution in [0.25, 0.3) is 32.8 Å². The van der Waals surface area contributed by atoms with Gasteiger partial charge >= 0.3 is 6.09 Å². The number of anilines is 1. The molecular formula is C46H58F2N4O6Si. The second-order valence-electron chi connectivity index (χ2n) is 18.5. The number of fused-ring (bicyclic) bond motifs is 4. The summed E-state index contributed by atoms with van der Waals surface area (Å²) in [6.07, 6.45) is 2.85. The Balaban J connectivity index is 1.44. The highest BCUT2D eigenvalue weighted by atomic mass is 28.3. The van der Waals surface area contributed by atoms with E-state index in [1.165, 1.54) is 13.2 Å². The summed E-state index contributed by atoms with van der Waals surface area (Å²) in [7, 11) is -0.792. The number of carbonyl (C=O) groups is 1. The summed E-state index contributed by atoms with van der Waals surface area (Å²) < 4.78 is 56.6. The molecule has 1 amide bonds. The Morgan fingerprint density at radius 2 is 1.68 bits per heavy atom. The first-order valence-electron chi connectivity index (χ1n) is 20.8. The van der Waals surface area contributed by atoms with Crippen LogP contribution < -0.4 is 9.64 Å². The SMILES string of the molecule is COCOc1cc(-c2ncc3c(N4CC5CCC(C4)N5C(=O)OC(C)(C)C)nc(C4(O)COC4)c(C)c3c2F)c2c(C#C[Si](C(C)C)(C(C)C)C(C)C)c(F)ccc2c1. The molecule has 13 heteroatoms. The summed E-state index contributed by atoms with van der Waals surface area (Å²) >= 11 is 0. The molecular weight excluding hydrogens is 771 g/mol. The van der Waals surface area contributed by atoms with Crippen molar-refractivity contribution in [2.24, 2.45) is 0 Å². The molecule has 0 aliphatic carbocycles. The molecule has 2 atom stereocenters. The van der Waals surface area contributed by atoms with Gasteiger partial charge < -0.3 is 29.0 Å². The summed E-state index contributed by atoms with van der Waals surface area (Å²) in [5.41, 5.74) is 3.81. The van der Waals surface area contributed by atoms with Crippen molar-refractivity contribution >= 4 is 41.5 Å². The number of aliphatic hydroxyl groups is 1. The van der Waals surface area contributed by atoms with E-state index >= 15 is 8.78 Å². The number of methoxy groups -OCH3 is 1. The predicted octanol–water partition coefficient (Wildman–Crippen LogP) is 9.39. The lowest BCUT2D eigenvalue weighted by atomic mass is 9.90. The van der Waals surface area contributed by atoms with Gasteiger partial charge in [0.1, 0.15) is 36.8 Å². The minimum absolute atomic E-state index is 0.0157. The monoisotopic (exact) mass is 828 g/mol. The van der Waals surface area contributed by atoms with Gasteiger partial charge in [-0.1, -0.05) is 53.5 Å². The topological polar surface area (TPSA) is 106 Å². The number of amides is 1. The molecule has 3 aliphatic heterocycles. The lowest BCUT2D eigenvalue weighted by Crippen LogP contribution is -2.57. The number of hydrogen-bond acceptors (Lipinski definition) is 9. The van der Waals surface area contributed by atoms with Crippen LogP contribution in [-0.2, 0) is 19.8 Å². The van der Waals surface area contributed by atoms with E-state index in [1.54, 1.807) is 31.3 Å². The number of pyridine rings is 2. The molecule has 2 aromatic carbocycles. The van der Waals surface area contributed by atoms with Crippen LogP contribution in [0.3, 0.4) is 0 Å². The summed E-state index contributed by atoms with van der Waals surface area (Å²) in [6, 6.07) is 6.21. The Labute approximate surface area is 347 Å². The molecule has 59 heavy (non-hydrogen) atoms. The van der Waals surface area contributed by atoms with E-state index in [0.29, 0.717) is 74.3 Å². The van der Waals surface area contributed by atoms with E-state index in [2.05, 4.69) is 57.9 Å². The number of benzene rings is 2. The number of carbonyl (C=O) groups excluding carboxylic acids is 1. The largest absolute Gasteiger partial charge is 0.468 e. The van der Waals surface area contributed by atoms with Crippen molar-refractivity contribution in [1.82, 2.24) is 14.9 Å². The van der Waals surface area contributed by atoms with Crippen LogP contribution in [0.5, 0.6) is 5.75 Å². The zero-order chi connectivity index (χ0) is 42.8. The van der Waals surface area contributed by atoms with Crippen LogP contribution in [-0.4, -0.2) is 92.0 Å². The lowest BCUT2D eigenvalue weighted by molar-refractivity contribution is -0.187. The van der Waals surface area contributed by atoms with E-state index in [1.807, 2.05) is 25.7 Å². The third-order valence-corrected chi connectivity index (χ3v) is 18.9. The van der Waals surface area contributed by atoms with E-state index < -0.39 is 30.9 Å². The van der Waals surface area contributed by atoms with Crippen LogP contribution in [0.2, 0.25) is 16.6 Å². The molecule has 3 aliphatic rings. The third kappa shape index (κ3) is 7.55. The number of ether oxygens (including phenoxy) is 4. The van der Waals surface area contributed by atoms with Crippen LogP contribution in [0, 0.1) is 30.0 Å². The smallest absolute Gasteiger partial charge is 0.410 e. The first-order chi connectivity index (χ1) is 27.8. The number of halogens is 2. The molecule has 0 spiro atoms. The highest BCUT2D eigenvalue weighted by Gasteiger charge is 2.47. The van der Waals surface area contributed by atoms with E-state index in [9.17, 15) is 9.90 Å². The third-order valence-electron chi connectivity index (χ3n) is 12.6. The van der Waals surface area contributed by atoms with Gasteiger partial charge in [0.05, 0.1) is 36.6 Å². The van der Waals surface area contributed by atoms with Crippen LogP contribution in [0.4, 0.5) is 19.4 Å². The predicted molar refractivity (Wildman–Crippen MR) is 229 cm³/mol. The van der Waals surface area contributed by atoms with E-state index in [0.717, 1.165) is 12.8 Å². The molecule has 4 aromatic rings. The molecule has 316 valence electrons. The Morgan fingerprint density at radius 1 is 1.03 bits per heavy atom. The second kappa shape index (κ2) is 15.9. The standard InChI is InChI=1S/C46H58F2N4O6Si/c1-26(2)59(27(3)4,28(5)6)17-16-34-37(47)15-12-30-18-33(57-25-55-11)19-35(39(30)34)41-40(48)38-29(7)42(46(54)23-56-24-46)50-43(36(38)20-49-41)51-21-31-13-14-32(22-51)52(31)44(53)58-45(8,9)10/h12,15,18-20,26-28,31-32,54H,13-14,21-25H2,1-11H3. The van der Waals surface area contributed by atoms with Gasteiger partial charge in [-0.3, -0.25) is 9.88 Å². The van der Waals surface area contributed by atoms with Crippen molar-refractivity contribution in [3.63, 3.8) is 0 Å². The molecule has 10 nitrogen and oxygen atoms in total. The maximum Gasteiger partial charge on any atom is 0.410 e. The fraction of sp³-hybridized carbons (Fsp3) is 0.543. The minimum Gasteiger partial charge on any atom is -0.468 e. The van der Waals surface area contributed by atoms with Gasteiger partial charge in [-0.2, -0.15) is 0 Å². The van der Waals surface area contributed by atoms with Gasteiger partial charge in [0.2, 0.25) is 0 Å². The summed E-state index contributed by atoms with van der Waals surface area (Å²) in [5, 5.41) is 13.5. The fourth-order valence-corrected chi connectivity index (χ4v) is 15.1.